The Morgan fingerprint density at radius 1 is 1.08 bits per heavy atom. The van der Waals surface area contributed by atoms with Crippen molar-refractivity contribution in [1.29, 1.82) is 0 Å². The van der Waals surface area contributed by atoms with Crippen LogP contribution in [0.4, 0.5) is 4.39 Å². The molecule has 5 heteroatoms. The average molecular weight is 357 g/mol. The summed E-state index contributed by atoms with van der Waals surface area (Å²) < 4.78 is 19.7. The summed E-state index contributed by atoms with van der Waals surface area (Å²) in [5, 5.41) is 8.81. The van der Waals surface area contributed by atoms with Crippen LogP contribution in [-0.2, 0) is 9.53 Å². The van der Waals surface area contributed by atoms with Crippen molar-refractivity contribution in [3.05, 3.63) is 71.5 Å². The van der Waals surface area contributed by atoms with Gasteiger partial charge >= 0.3 is 5.97 Å². The van der Waals surface area contributed by atoms with Gasteiger partial charge in [-0.1, -0.05) is 42.5 Å². The van der Waals surface area contributed by atoms with Gasteiger partial charge in [0.2, 0.25) is 0 Å². The molecule has 0 spiro atoms. The van der Waals surface area contributed by atoms with E-state index in [4.69, 9.17) is 9.84 Å². The lowest BCUT2D eigenvalue weighted by molar-refractivity contribution is -0.137. The number of piperidine rings is 1. The number of hydrogen-bond acceptors (Lipinski definition) is 3. The Morgan fingerprint density at radius 3 is 2.31 bits per heavy atom. The maximum atomic E-state index is 13.3. The molecule has 1 heterocycles. The number of ether oxygens (including phenoxy) is 1. The van der Waals surface area contributed by atoms with E-state index in [0.29, 0.717) is 6.54 Å². The number of likely N-dealkylation sites (tertiary alicyclic amines) is 1. The van der Waals surface area contributed by atoms with E-state index in [1.54, 1.807) is 12.1 Å². The second kappa shape index (κ2) is 8.92. The molecule has 0 saturated carbocycles. The summed E-state index contributed by atoms with van der Waals surface area (Å²) in [6, 6.07) is 16.4. The zero-order valence-corrected chi connectivity index (χ0v) is 14.7. The van der Waals surface area contributed by atoms with Crippen LogP contribution >= 0.6 is 0 Å². The van der Waals surface area contributed by atoms with Crippen LogP contribution in [0.15, 0.2) is 54.6 Å². The van der Waals surface area contributed by atoms with Crippen molar-refractivity contribution in [3.63, 3.8) is 0 Å². The van der Waals surface area contributed by atoms with E-state index >= 15 is 0 Å². The smallest absolute Gasteiger partial charge is 0.304 e. The van der Waals surface area contributed by atoms with E-state index in [0.717, 1.165) is 37.1 Å². The van der Waals surface area contributed by atoms with E-state index in [1.807, 2.05) is 30.3 Å². The number of carbonyl (C=O) groups is 1. The van der Waals surface area contributed by atoms with E-state index in [1.165, 1.54) is 12.1 Å². The molecule has 1 fully saturated rings. The van der Waals surface area contributed by atoms with Crippen molar-refractivity contribution in [1.82, 2.24) is 4.90 Å². The lowest BCUT2D eigenvalue weighted by Gasteiger charge is -2.34. The minimum atomic E-state index is -0.760. The Kier molecular flexibility index (Phi) is 6.36. The summed E-state index contributed by atoms with van der Waals surface area (Å²) in [6.07, 6.45) is 1.78. The SMILES string of the molecule is O=C(O)CCN1CCC(OC(c2ccccc2)c2ccc(F)cc2)CC1. The first-order chi connectivity index (χ1) is 12.6. The molecule has 0 radical (unpaired) electrons. The van der Waals surface area contributed by atoms with Gasteiger partial charge in [0.05, 0.1) is 12.5 Å². The third kappa shape index (κ3) is 5.13. The predicted molar refractivity (Wildman–Crippen MR) is 97.5 cm³/mol. The van der Waals surface area contributed by atoms with Gasteiger partial charge in [-0.3, -0.25) is 4.79 Å². The minimum Gasteiger partial charge on any atom is -0.481 e. The number of rotatable bonds is 7. The Bertz CT molecular complexity index is 697. The molecule has 2 aromatic carbocycles. The van der Waals surface area contributed by atoms with Crippen molar-refractivity contribution in [2.75, 3.05) is 19.6 Å². The predicted octanol–water partition coefficient (Wildman–Crippen LogP) is 3.87. The molecule has 0 aliphatic carbocycles. The molecule has 1 unspecified atom stereocenters. The van der Waals surface area contributed by atoms with Crippen molar-refractivity contribution in [2.45, 2.75) is 31.5 Å². The maximum absolute atomic E-state index is 13.3. The fourth-order valence-corrected chi connectivity index (χ4v) is 3.33. The summed E-state index contributed by atoms with van der Waals surface area (Å²) in [5.41, 5.74) is 1.98. The van der Waals surface area contributed by atoms with Crippen LogP contribution in [-0.4, -0.2) is 41.7 Å². The zero-order chi connectivity index (χ0) is 18.4. The summed E-state index contributed by atoms with van der Waals surface area (Å²) in [5.74, 6) is -1.02. The van der Waals surface area contributed by atoms with E-state index in [-0.39, 0.29) is 24.4 Å². The van der Waals surface area contributed by atoms with Crippen molar-refractivity contribution in [3.8, 4) is 0 Å². The van der Waals surface area contributed by atoms with Crippen molar-refractivity contribution < 1.29 is 19.0 Å². The van der Waals surface area contributed by atoms with Crippen LogP contribution in [0, 0.1) is 5.82 Å². The number of carboxylic acids is 1. The van der Waals surface area contributed by atoms with Crippen LogP contribution in [0.3, 0.4) is 0 Å². The molecule has 138 valence electrons. The van der Waals surface area contributed by atoms with Gasteiger partial charge in [0.15, 0.2) is 0 Å². The van der Waals surface area contributed by atoms with E-state index in [2.05, 4.69) is 4.90 Å². The van der Waals surface area contributed by atoms with E-state index < -0.39 is 5.97 Å². The molecular weight excluding hydrogens is 333 g/mol. The molecule has 0 amide bonds. The topological polar surface area (TPSA) is 49.8 Å². The number of aliphatic carboxylic acids is 1. The molecular formula is C21H24FNO3. The number of halogens is 1. The molecule has 1 aliphatic rings. The first-order valence-corrected chi connectivity index (χ1v) is 9.02. The third-order valence-corrected chi connectivity index (χ3v) is 4.78. The van der Waals surface area contributed by atoms with Gasteiger partial charge in [-0.25, -0.2) is 4.39 Å². The van der Waals surface area contributed by atoms with E-state index in [9.17, 15) is 9.18 Å². The molecule has 0 aromatic heterocycles. The Hall–Kier alpha value is -2.24. The summed E-state index contributed by atoms with van der Waals surface area (Å²) in [7, 11) is 0. The monoisotopic (exact) mass is 357 g/mol. The molecule has 1 aliphatic heterocycles. The highest BCUT2D eigenvalue weighted by Crippen LogP contribution is 2.30. The highest BCUT2D eigenvalue weighted by atomic mass is 19.1. The quantitative estimate of drug-likeness (QED) is 0.817. The van der Waals surface area contributed by atoms with Crippen molar-refractivity contribution in [2.24, 2.45) is 0 Å². The van der Waals surface area contributed by atoms with Gasteiger partial charge in [-0.15, -0.1) is 0 Å². The maximum Gasteiger partial charge on any atom is 0.304 e. The average Bonchev–Trinajstić information content (AvgIpc) is 2.67. The molecule has 2 aromatic rings. The Labute approximate surface area is 153 Å². The van der Waals surface area contributed by atoms with Crippen LogP contribution in [0.2, 0.25) is 0 Å². The van der Waals surface area contributed by atoms with Crippen molar-refractivity contribution >= 4 is 5.97 Å². The standard InChI is InChI=1S/C21H24FNO3/c22-18-8-6-17(7-9-18)21(16-4-2-1-3-5-16)26-19-10-13-23(14-11-19)15-12-20(24)25/h1-9,19,21H,10-15H2,(H,24,25). The lowest BCUT2D eigenvalue weighted by atomic mass is 10.00. The lowest BCUT2D eigenvalue weighted by Crippen LogP contribution is -2.38. The fraction of sp³-hybridized carbons (Fsp3) is 0.381. The summed E-state index contributed by atoms with van der Waals surface area (Å²) >= 11 is 0. The zero-order valence-electron chi connectivity index (χ0n) is 14.7. The molecule has 1 atom stereocenters. The fourth-order valence-electron chi connectivity index (χ4n) is 3.33. The molecule has 0 bridgehead atoms. The van der Waals surface area contributed by atoms with Gasteiger partial charge < -0.3 is 14.7 Å². The van der Waals surface area contributed by atoms with Crippen LogP contribution in [0.5, 0.6) is 0 Å². The largest absolute Gasteiger partial charge is 0.481 e. The normalized spacial score (nSPS) is 17.1. The summed E-state index contributed by atoms with van der Waals surface area (Å²) in [4.78, 5) is 12.9. The Balaban J connectivity index is 1.65. The van der Waals surface area contributed by atoms with Gasteiger partial charge in [0.25, 0.3) is 0 Å². The highest BCUT2D eigenvalue weighted by molar-refractivity contribution is 5.66. The van der Waals surface area contributed by atoms with Gasteiger partial charge in [-0.05, 0) is 36.1 Å². The first kappa shape index (κ1) is 18.5. The van der Waals surface area contributed by atoms with Crippen LogP contribution < -0.4 is 0 Å². The second-order valence-corrected chi connectivity index (χ2v) is 6.66. The molecule has 3 rings (SSSR count). The van der Waals surface area contributed by atoms with Gasteiger partial charge in [-0.2, -0.15) is 0 Å². The molecule has 1 N–H and O–H groups in total. The third-order valence-electron chi connectivity index (χ3n) is 4.78. The number of benzene rings is 2. The van der Waals surface area contributed by atoms with Crippen LogP contribution in [0.25, 0.3) is 0 Å². The highest BCUT2D eigenvalue weighted by Gasteiger charge is 2.25. The molecule has 4 nitrogen and oxygen atoms in total. The van der Waals surface area contributed by atoms with Gasteiger partial charge in [0.1, 0.15) is 11.9 Å². The second-order valence-electron chi connectivity index (χ2n) is 6.66. The number of carboxylic acid groups (broad SMARTS) is 1. The first-order valence-electron chi connectivity index (χ1n) is 9.02. The minimum absolute atomic E-state index is 0.103. The van der Waals surface area contributed by atoms with Crippen LogP contribution in [0.1, 0.15) is 36.5 Å². The number of hydrogen-bond donors (Lipinski definition) is 1. The number of nitrogens with zero attached hydrogens (tertiary/aromatic N) is 1. The van der Waals surface area contributed by atoms with Gasteiger partial charge in [0, 0.05) is 19.6 Å². The molecule has 1 saturated heterocycles. The molecule has 26 heavy (non-hydrogen) atoms. The summed E-state index contributed by atoms with van der Waals surface area (Å²) in [6.45, 7) is 2.26. The Morgan fingerprint density at radius 2 is 1.69 bits per heavy atom.